The number of hydrogen-bond acceptors (Lipinski definition) is 5. The molecule has 0 atom stereocenters. The molecule has 7 nitrogen and oxygen atoms in total. The second-order valence-corrected chi connectivity index (χ2v) is 8.47. The first-order valence-electron chi connectivity index (χ1n) is 9.75. The zero-order valence-electron chi connectivity index (χ0n) is 17.0. The van der Waals surface area contributed by atoms with Crippen LogP contribution in [0.3, 0.4) is 0 Å². The van der Waals surface area contributed by atoms with E-state index in [2.05, 4.69) is 20.9 Å². The highest BCUT2D eigenvalue weighted by Gasteiger charge is 2.34. The zero-order valence-corrected chi connectivity index (χ0v) is 19.3. The first-order chi connectivity index (χ1) is 15.8. The number of hydrogen-bond donors (Lipinski definition) is 0. The van der Waals surface area contributed by atoms with Crippen molar-refractivity contribution in [3.8, 4) is 5.75 Å². The van der Waals surface area contributed by atoms with Gasteiger partial charge in [-0.05, 0) is 63.0 Å². The second kappa shape index (κ2) is 9.56. The van der Waals surface area contributed by atoms with Crippen LogP contribution < -0.4 is 14.7 Å². The van der Waals surface area contributed by atoms with Crippen LogP contribution >= 0.6 is 27.5 Å². The van der Waals surface area contributed by atoms with Gasteiger partial charge in [-0.3, -0.25) is 4.79 Å². The summed E-state index contributed by atoms with van der Waals surface area (Å²) in [6.45, 7) is 0.236. The van der Waals surface area contributed by atoms with Gasteiger partial charge in [0.2, 0.25) is 0 Å². The van der Waals surface area contributed by atoms with E-state index < -0.39 is 17.9 Å². The van der Waals surface area contributed by atoms with Crippen LogP contribution in [0.5, 0.6) is 5.75 Å². The number of anilines is 1. The van der Waals surface area contributed by atoms with Crippen molar-refractivity contribution in [2.75, 3.05) is 4.90 Å². The Kier molecular flexibility index (Phi) is 6.57. The number of urea groups is 1. The SMILES string of the molecule is O=C([O-])c1ccc(COc2ccc(CC3=NC(=O)N(c4cccc(Cl)c4)C3=O)cc2Br)cc1. The van der Waals surface area contributed by atoms with E-state index in [0.717, 1.165) is 16.0 Å². The quantitative estimate of drug-likeness (QED) is 0.460. The van der Waals surface area contributed by atoms with E-state index in [0.29, 0.717) is 20.9 Å². The van der Waals surface area contributed by atoms with Gasteiger partial charge in [0, 0.05) is 11.4 Å². The molecule has 3 aromatic carbocycles. The number of carboxylic acids is 1. The highest BCUT2D eigenvalue weighted by Crippen LogP contribution is 2.29. The number of nitrogens with zero attached hydrogens (tertiary/aromatic N) is 2. The van der Waals surface area contributed by atoms with Crippen LogP contribution in [0.15, 0.2) is 76.2 Å². The predicted molar refractivity (Wildman–Crippen MR) is 125 cm³/mol. The average Bonchev–Trinajstić information content (AvgIpc) is 3.06. The zero-order chi connectivity index (χ0) is 23.5. The first-order valence-corrected chi connectivity index (χ1v) is 10.9. The third-order valence-electron chi connectivity index (χ3n) is 4.89. The van der Waals surface area contributed by atoms with Crippen molar-refractivity contribution in [1.82, 2.24) is 0 Å². The summed E-state index contributed by atoms with van der Waals surface area (Å²) in [7, 11) is 0. The summed E-state index contributed by atoms with van der Waals surface area (Å²) in [5.74, 6) is -1.15. The van der Waals surface area contributed by atoms with Crippen LogP contribution in [0.1, 0.15) is 21.5 Å². The fourth-order valence-corrected chi connectivity index (χ4v) is 3.98. The van der Waals surface area contributed by atoms with Crippen molar-refractivity contribution in [2.45, 2.75) is 13.0 Å². The Morgan fingerprint density at radius 2 is 1.76 bits per heavy atom. The van der Waals surface area contributed by atoms with E-state index in [9.17, 15) is 19.5 Å². The van der Waals surface area contributed by atoms with Crippen molar-refractivity contribution in [2.24, 2.45) is 4.99 Å². The molecule has 9 heteroatoms. The molecule has 0 spiro atoms. The normalized spacial score (nSPS) is 13.3. The molecule has 166 valence electrons. The van der Waals surface area contributed by atoms with Crippen molar-refractivity contribution < 1.29 is 24.2 Å². The average molecular weight is 527 g/mol. The van der Waals surface area contributed by atoms with Crippen LogP contribution in [0.4, 0.5) is 10.5 Å². The smallest absolute Gasteiger partial charge is 0.355 e. The molecule has 1 heterocycles. The first kappa shape index (κ1) is 22.7. The molecule has 1 aliphatic heterocycles. The lowest BCUT2D eigenvalue weighted by atomic mass is 10.1. The van der Waals surface area contributed by atoms with Gasteiger partial charge in [0.25, 0.3) is 5.91 Å². The molecule has 0 N–H and O–H groups in total. The van der Waals surface area contributed by atoms with Crippen LogP contribution in [0.2, 0.25) is 5.02 Å². The number of carbonyl (C=O) groups excluding carboxylic acids is 3. The minimum absolute atomic E-state index is 0.0982. The molecule has 0 saturated carbocycles. The molecular formula is C24H15BrClN2O5-. The summed E-state index contributed by atoms with van der Waals surface area (Å²) >= 11 is 9.43. The molecular weight excluding hydrogens is 512 g/mol. The highest BCUT2D eigenvalue weighted by atomic mass is 79.9. The molecule has 0 aliphatic carbocycles. The lowest BCUT2D eigenvalue weighted by Gasteiger charge is -2.13. The fourth-order valence-electron chi connectivity index (χ4n) is 3.25. The minimum atomic E-state index is -1.23. The number of aliphatic imine (C=N–C) groups is 1. The number of imide groups is 1. The van der Waals surface area contributed by atoms with Gasteiger partial charge in [0.05, 0.1) is 16.1 Å². The van der Waals surface area contributed by atoms with Crippen LogP contribution in [-0.2, 0) is 17.8 Å². The topological polar surface area (TPSA) is 99.1 Å². The van der Waals surface area contributed by atoms with Crippen molar-refractivity contribution in [3.05, 3.63) is 92.9 Å². The van der Waals surface area contributed by atoms with Gasteiger partial charge in [0.15, 0.2) is 0 Å². The third kappa shape index (κ3) is 5.13. The molecule has 3 aromatic rings. The van der Waals surface area contributed by atoms with Crippen molar-refractivity contribution >= 4 is 56.8 Å². The monoisotopic (exact) mass is 525 g/mol. The molecule has 0 unspecified atom stereocenters. The molecule has 0 aromatic heterocycles. The number of halogens is 2. The van der Waals surface area contributed by atoms with E-state index in [-0.39, 0.29) is 24.3 Å². The van der Waals surface area contributed by atoms with E-state index in [1.54, 1.807) is 48.5 Å². The number of carbonyl (C=O) groups is 3. The summed E-state index contributed by atoms with van der Waals surface area (Å²) in [6.07, 6.45) is 0.172. The summed E-state index contributed by atoms with van der Waals surface area (Å²) in [5, 5.41) is 11.2. The van der Waals surface area contributed by atoms with E-state index in [4.69, 9.17) is 16.3 Å². The predicted octanol–water partition coefficient (Wildman–Crippen LogP) is 4.20. The molecule has 0 radical (unpaired) electrons. The third-order valence-corrected chi connectivity index (χ3v) is 5.74. The number of rotatable bonds is 7. The number of benzene rings is 3. The summed E-state index contributed by atoms with van der Waals surface area (Å²) in [6, 6.07) is 17.3. The fraction of sp³-hybridized carbons (Fsp3) is 0.0833. The molecule has 0 fully saturated rings. The number of aromatic carboxylic acids is 1. The van der Waals surface area contributed by atoms with Gasteiger partial charge in [-0.2, -0.15) is 4.99 Å². The Morgan fingerprint density at radius 3 is 2.42 bits per heavy atom. The molecule has 33 heavy (non-hydrogen) atoms. The maximum absolute atomic E-state index is 12.8. The van der Waals surface area contributed by atoms with E-state index in [1.807, 2.05) is 0 Å². The summed E-state index contributed by atoms with van der Waals surface area (Å²) in [5.41, 5.74) is 2.16. The molecule has 4 rings (SSSR count). The van der Waals surface area contributed by atoms with Crippen LogP contribution in [0.25, 0.3) is 0 Å². The van der Waals surface area contributed by atoms with Gasteiger partial charge in [0.1, 0.15) is 18.1 Å². The van der Waals surface area contributed by atoms with Gasteiger partial charge < -0.3 is 14.6 Å². The van der Waals surface area contributed by atoms with Crippen LogP contribution in [0, 0.1) is 0 Å². The molecule has 0 bridgehead atoms. The largest absolute Gasteiger partial charge is 0.545 e. The Labute approximate surface area is 202 Å². The Bertz CT molecular complexity index is 1290. The highest BCUT2D eigenvalue weighted by molar-refractivity contribution is 9.10. The van der Waals surface area contributed by atoms with Crippen LogP contribution in [-0.4, -0.2) is 23.6 Å². The molecule has 0 saturated heterocycles. The number of ether oxygens (including phenoxy) is 1. The van der Waals surface area contributed by atoms with Crippen molar-refractivity contribution in [3.63, 3.8) is 0 Å². The van der Waals surface area contributed by atoms with Crippen molar-refractivity contribution in [1.29, 1.82) is 0 Å². The van der Waals surface area contributed by atoms with E-state index in [1.165, 1.54) is 18.2 Å². The maximum Gasteiger partial charge on any atom is 0.355 e. The van der Waals surface area contributed by atoms with Gasteiger partial charge in [-0.25, -0.2) is 9.69 Å². The number of amides is 3. The number of carboxylic acid groups (broad SMARTS) is 1. The second-order valence-electron chi connectivity index (χ2n) is 7.18. The summed E-state index contributed by atoms with van der Waals surface area (Å²) in [4.78, 5) is 40.8. The lowest BCUT2D eigenvalue weighted by Crippen LogP contribution is -2.33. The Hall–Kier alpha value is -3.49. The van der Waals surface area contributed by atoms with Gasteiger partial charge >= 0.3 is 6.03 Å². The Balaban J connectivity index is 1.42. The Morgan fingerprint density at radius 1 is 1.03 bits per heavy atom. The maximum atomic E-state index is 12.8. The van der Waals surface area contributed by atoms with Gasteiger partial charge in [-0.15, -0.1) is 0 Å². The standard InChI is InChI=1S/C24H16BrClN2O5/c25-19-10-15(6-9-21(19)33-13-14-4-7-16(8-5-14)23(30)31)11-20-22(29)28(24(32)27-20)18-3-1-2-17(26)12-18/h1-10,12H,11,13H2,(H,30,31)/p-1. The minimum Gasteiger partial charge on any atom is -0.545 e. The van der Waals surface area contributed by atoms with E-state index >= 15 is 0 Å². The molecule has 1 aliphatic rings. The molecule has 3 amide bonds. The summed E-state index contributed by atoms with van der Waals surface area (Å²) < 4.78 is 6.45. The lowest BCUT2D eigenvalue weighted by molar-refractivity contribution is -0.255. The van der Waals surface area contributed by atoms with Gasteiger partial charge in [-0.1, -0.05) is 48.0 Å².